The van der Waals surface area contributed by atoms with E-state index in [-0.39, 0.29) is 13.2 Å². The standard InChI is InChI=1S/C18H28N2O4/c1-17(2,3)24-16(22)19-12-18(13-21)14-23-10-9-20(18)11-15-7-5-4-6-8-15/h4-8,21H,9-14H2,1-3H3,(H,19,22). The molecule has 0 spiro atoms. The van der Waals surface area contributed by atoms with Crippen LogP contribution in [0.15, 0.2) is 30.3 Å². The summed E-state index contributed by atoms with van der Waals surface area (Å²) in [7, 11) is 0. The van der Waals surface area contributed by atoms with Gasteiger partial charge in [-0.15, -0.1) is 0 Å². The van der Waals surface area contributed by atoms with E-state index in [9.17, 15) is 9.90 Å². The number of nitrogens with zero attached hydrogens (tertiary/aromatic N) is 1. The second-order valence-electron chi connectivity index (χ2n) is 7.20. The molecule has 1 aliphatic heterocycles. The van der Waals surface area contributed by atoms with Crippen molar-refractivity contribution in [2.45, 2.75) is 38.5 Å². The van der Waals surface area contributed by atoms with Crippen molar-refractivity contribution in [1.82, 2.24) is 10.2 Å². The van der Waals surface area contributed by atoms with E-state index in [1.54, 1.807) is 0 Å². The lowest BCUT2D eigenvalue weighted by Crippen LogP contribution is -2.64. The Bertz CT molecular complexity index is 530. The Labute approximate surface area is 143 Å². The predicted molar refractivity (Wildman–Crippen MR) is 91.7 cm³/mol. The number of nitrogens with one attached hydrogen (secondary N) is 1. The molecule has 0 radical (unpaired) electrons. The third-order valence-electron chi connectivity index (χ3n) is 4.02. The molecule has 0 bridgehead atoms. The summed E-state index contributed by atoms with van der Waals surface area (Å²) in [6, 6.07) is 10.1. The van der Waals surface area contributed by atoms with Crippen LogP contribution in [-0.4, -0.2) is 60.1 Å². The number of ether oxygens (including phenoxy) is 2. The topological polar surface area (TPSA) is 71.0 Å². The van der Waals surface area contributed by atoms with Gasteiger partial charge in [0, 0.05) is 19.6 Å². The largest absolute Gasteiger partial charge is 0.444 e. The summed E-state index contributed by atoms with van der Waals surface area (Å²) in [6.45, 7) is 8.00. The summed E-state index contributed by atoms with van der Waals surface area (Å²) in [5.74, 6) is 0. The number of aliphatic hydroxyl groups is 1. The van der Waals surface area contributed by atoms with E-state index in [1.807, 2.05) is 39.0 Å². The zero-order chi connectivity index (χ0) is 17.6. The number of aliphatic hydroxyl groups excluding tert-OH is 1. The second-order valence-corrected chi connectivity index (χ2v) is 7.20. The van der Waals surface area contributed by atoms with E-state index < -0.39 is 17.2 Å². The van der Waals surface area contributed by atoms with Crippen LogP contribution < -0.4 is 5.32 Å². The first-order valence-electron chi connectivity index (χ1n) is 8.29. The molecule has 24 heavy (non-hydrogen) atoms. The Kier molecular flexibility index (Phi) is 6.21. The molecule has 1 saturated heterocycles. The molecule has 0 aliphatic carbocycles. The third-order valence-corrected chi connectivity index (χ3v) is 4.02. The van der Waals surface area contributed by atoms with Crippen LogP contribution in [0.5, 0.6) is 0 Å². The normalized spacial score (nSPS) is 22.2. The minimum absolute atomic E-state index is 0.102. The van der Waals surface area contributed by atoms with Gasteiger partial charge in [0.2, 0.25) is 0 Å². The number of hydrogen-bond donors (Lipinski definition) is 2. The van der Waals surface area contributed by atoms with Gasteiger partial charge in [-0.1, -0.05) is 30.3 Å². The van der Waals surface area contributed by atoms with E-state index in [4.69, 9.17) is 9.47 Å². The summed E-state index contributed by atoms with van der Waals surface area (Å²) in [5.41, 5.74) is -0.0386. The summed E-state index contributed by atoms with van der Waals surface area (Å²) < 4.78 is 10.9. The van der Waals surface area contributed by atoms with Gasteiger partial charge in [-0.05, 0) is 26.3 Å². The lowest BCUT2D eigenvalue weighted by Gasteiger charge is -2.46. The zero-order valence-electron chi connectivity index (χ0n) is 14.7. The van der Waals surface area contributed by atoms with Crippen LogP contribution in [0.2, 0.25) is 0 Å². The van der Waals surface area contributed by atoms with Crippen LogP contribution in [0, 0.1) is 0 Å². The molecule has 1 atom stereocenters. The molecule has 2 rings (SSSR count). The molecule has 1 aromatic carbocycles. The fraction of sp³-hybridized carbons (Fsp3) is 0.611. The average Bonchev–Trinajstić information content (AvgIpc) is 2.54. The first-order chi connectivity index (χ1) is 11.3. The molecule has 1 unspecified atom stereocenters. The van der Waals surface area contributed by atoms with Gasteiger partial charge in [0.05, 0.1) is 25.4 Å². The van der Waals surface area contributed by atoms with Crippen LogP contribution in [-0.2, 0) is 16.0 Å². The van der Waals surface area contributed by atoms with E-state index in [2.05, 4.69) is 22.3 Å². The van der Waals surface area contributed by atoms with Crippen LogP contribution in [0.25, 0.3) is 0 Å². The van der Waals surface area contributed by atoms with Crippen LogP contribution >= 0.6 is 0 Å². The van der Waals surface area contributed by atoms with Gasteiger partial charge in [0.15, 0.2) is 0 Å². The van der Waals surface area contributed by atoms with Crippen molar-refractivity contribution in [3.63, 3.8) is 0 Å². The molecular formula is C18H28N2O4. The maximum Gasteiger partial charge on any atom is 0.407 e. The number of benzene rings is 1. The van der Waals surface area contributed by atoms with E-state index in [0.29, 0.717) is 26.3 Å². The van der Waals surface area contributed by atoms with Crippen LogP contribution in [0.1, 0.15) is 26.3 Å². The highest BCUT2D eigenvalue weighted by Gasteiger charge is 2.40. The highest BCUT2D eigenvalue weighted by molar-refractivity contribution is 5.67. The summed E-state index contributed by atoms with van der Waals surface area (Å²) in [5, 5.41) is 12.8. The van der Waals surface area contributed by atoms with Gasteiger partial charge < -0.3 is 19.9 Å². The fourth-order valence-electron chi connectivity index (χ4n) is 2.73. The van der Waals surface area contributed by atoms with Crippen molar-refractivity contribution < 1.29 is 19.4 Å². The van der Waals surface area contributed by atoms with Crippen LogP contribution in [0.3, 0.4) is 0 Å². The second kappa shape index (κ2) is 7.96. The zero-order valence-corrected chi connectivity index (χ0v) is 14.7. The molecule has 1 heterocycles. The van der Waals surface area contributed by atoms with Crippen molar-refractivity contribution in [1.29, 1.82) is 0 Å². The molecule has 6 heteroatoms. The van der Waals surface area contributed by atoms with Crippen molar-refractivity contribution in [2.24, 2.45) is 0 Å². The highest BCUT2D eigenvalue weighted by Crippen LogP contribution is 2.22. The summed E-state index contributed by atoms with van der Waals surface area (Å²) in [4.78, 5) is 14.1. The van der Waals surface area contributed by atoms with E-state index in [0.717, 1.165) is 5.56 Å². The van der Waals surface area contributed by atoms with Gasteiger partial charge in [-0.2, -0.15) is 0 Å². The number of carbonyl (C=O) groups is 1. The first kappa shape index (κ1) is 18.7. The Hall–Kier alpha value is -1.63. The van der Waals surface area contributed by atoms with Gasteiger partial charge in [-0.3, -0.25) is 4.90 Å². The molecule has 1 fully saturated rings. The van der Waals surface area contributed by atoms with Gasteiger partial charge in [0.1, 0.15) is 5.60 Å². The maximum atomic E-state index is 12.0. The minimum atomic E-state index is -0.648. The molecule has 1 aromatic rings. The number of carbonyl (C=O) groups excluding carboxylic acids is 1. The summed E-state index contributed by atoms with van der Waals surface area (Å²) in [6.07, 6.45) is -0.486. The number of hydrogen-bond acceptors (Lipinski definition) is 5. The SMILES string of the molecule is CC(C)(C)OC(=O)NCC1(CO)COCCN1Cc1ccccc1. The number of amides is 1. The smallest absolute Gasteiger partial charge is 0.407 e. The lowest BCUT2D eigenvalue weighted by atomic mass is 9.96. The quantitative estimate of drug-likeness (QED) is 0.858. The van der Waals surface area contributed by atoms with E-state index in [1.165, 1.54) is 0 Å². The molecule has 2 N–H and O–H groups in total. The van der Waals surface area contributed by atoms with Crippen molar-refractivity contribution >= 4 is 6.09 Å². The maximum absolute atomic E-state index is 12.0. The number of rotatable bonds is 5. The Morgan fingerprint density at radius 1 is 1.38 bits per heavy atom. The average molecular weight is 336 g/mol. The van der Waals surface area contributed by atoms with Crippen molar-refractivity contribution in [3.05, 3.63) is 35.9 Å². The monoisotopic (exact) mass is 336 g/mol. The van der Waals surface area contributed by atoms with Gasteiger partial charge in [0.25, 0.3) is 0 Å². The molecule has 134 valence electrons. The molecule has 0 saturated carbocycles. The van der Waals surface area contributed by atoms with Gasteiger partial charge in [-0.25, -0.2) is 4.79 Å². The minimum Gasteiger partial charge on any atom is -0.444 e. The van der Waals surface area contributed by atoms with Crippen molar-refractivity contribution in [3.8, 4) is 0 Å². The molecular weight excluding hydrogens is 308 g/mol. The Balaban J connectivity index is 2.04. The molecule has 6 nitrogen and oxygen atoms in total. The third kappa shape index (κ3) is 5.19. The van der Waals surface area contributed by atoms with E-state index >= 15 is 0 Å². The molecule has 1 aliphatic rings. The van der Waals surface area contributed by atoms with Gasteiger partial charge >= 0.3 is 6.09 Å². The molecule has 1 amide bonds. The highest BCUT2D eigenvalue weighted by atomic mass is 16.6. The number of morpholine rings is 1. The Morgan fingerprint density at radius 2 is 2.08 bits per heavy atom. The lowest BCUT2D eigenvalue weighted by molar-refractivity contribution is -0.0943. The predicted octanol–water partition coefficient (Wildman–Crippen LogP) is 1.77. The fourth-order valence-corrected chi connectivity index (χ4v) is 2.73. The van der Waals surface area contributed by atoms with Crippen LogP contribution in [0.4, 0.5) is 4.79 Å². The summed E-state index contributed by atoms with van der Waals surface area (Å²) >= 11 is 0. The Morgan fingerprint density at radius 3 is 2.71 bits per heavy atom. The molecule has 0 aromatic heterocycles. The number of alkyl carbamates (subject to hydrolysis) is 1. The van der Waals surface area contributed by atoms with Crippen molar-refractivity contribution in [2.75, 3.05) is 32.9 Å². The first-order valence-corrected chi connectivity index (χ1v) is 8.29.